The van der Waals surface area contributed by atoms with Crippen LogP contribution in [-0.2, 0) is 0 Å². The van der Waals surface area contributed by atoms with E-state index in [-0.39, 0.29) is 6.10 Å². The molecule has 0 spiro atoms. The molecular formula is C27H30ClN5O2S2. The number of carbonyl (C=O) groups excluding carboxylic acids is 1. The quantitative estimate of drug-likeness (QED) is 0.282. The van der Waals surface area contributed by atoms with Crippen LogP contribution in [0.25, 0.3) is 16.0 Å². The number of hydrogen-bond acceptors (Lipinski definition) is 7. The molecule has 4 aromatic rings. The van der Waals surface area contributed by atoms with E-state index in [2.05, 4.69) is 40.0 Å². The van der Waals surface area contributed by atoms with Crippen LogP contribution in [0.15, 0.2) is 59.8 Å². The minimum atomic E-state index is -0.527. The Kier molecular flexibility index (Phi) is 8.07. The second-order valence-electron chi connectivity index (χ2n) is 9.18. The summed E-state index contributed by atoms with van der Waals surface area (Å²) in [6.07, 6.45) is 1.43. The zero-order chi connectivity index (χ0) is 25.9. The number of amides is 1. The third-order valence-electron chi connectivity index (χ3n) is 6.58. The molecule has 1 aliphatic heterocycles. The molecule has 0 unspecified atom stereocenters. The number of benzene rings is 2. The van der Waals surface area contributed by atoms with Crippen molar-refractivity contribution in [2.24, 2.45) is 5.73 Å². The van der Waals surface area contributed by atoms with E-state index in [9.17, 15) is 4.79 Å². The van der Waals surface area contributed by atoms with Gasteiger partial charge in [0, 0.05) is 60.0 Å². The number of rotatable bonds is 9. The van der Waals surface area contributed by atoms with E-state index in [0.29, 0.717) is 15.6 Å². The van der Waals surface area contributed by atoms with Crippen LogP contribution in [0, 0.1) is 0 Å². The Morgan fingerprint density at radius 2 is 1.97 bits per heavy atom. The lowest BCUT2D eigenvalue weighted by molar-refractivity contribution is 0.0998. The van der Waals surface area contributed by atoms with Gasteiger partial charge in [0.1, 0.15) is 28.1 Å². The Morgan fingerprint density at radius 3 is 2.73 bits per heavy atom. The molecule has 0 bridgehead atoms. The van der Waals surface area contributed by atoms with Crippen molar-refractivity contribution in [2.45, 2.75) is 17.9 Å². The van der Waals surface area contributed by atoms with Gasteiger partial charge in [-0.2, -0.15) is 0 Å². The summed E-state index contributed by atoms with van der Waals surface area (Å²) in [5.41, 5.74) is 8.41. The van der Waals surface area contributed by atoms with Gasteiger partial charge in [-0.3, -0.25) is 14.3 Å². The summed E-state index contributed by atoms with van der Waals surface area (Å²) in [6.45, 7) is 7.54. The lowest BCUT2D eigenvalue weighted by atomic mass is 10.1. The normalized spacial score (nSPS) is 15.8. The van der Waals surface area contributed by atoms with Gasteiger partial charge in [-0.1, -0.05) is 29.8 Å². The molecular weight excluding hydrogens is 526 g/mol. The molecule has 194 valence electrons. The van der Waals surface area contributed by atoms with E-state index in [0.717, 1.165) is 60.1 Å². The van der Waals surface area contributed by atoms with Crippen molar-refractivity contribution in [3.63, 3.8) is 0 Å². The van der Waals surface area contributed by atoms with Crippen LogP contribution >= 0.6 is 34.7 Å². The molecule has 0 radical (unpaired) electrons. The van der Waals surface area contributed by atoms with Crippen molar-refractivity contribution in [1.29, 1.82) is 0 Å². The van der Waals surface area contributed by atoms with Gasteiger partial charge in [0.15, 0.2) is 0 Å². The molecule has 2 aromatic heterocycles. The summed E-state index contributed by atoms with van der Waals surface area (Å²) in [4.78, 5) is 23.3. The molecule has 1 aliphatic rings. The van der Waals surface area contributed by atoms with Crippen LogP contribution in [0.3, 0.4) is 0 Å². The van der Waals surface area contributed by atoms with Gasteiger partial charge in [0.25, 0.3) is 5.91 Å². The average Bonchev–Trinajstić information content (AvgIpc) is 3.49. The number of primary amides is 1. The van der Waals surface area contributed by atoms with Gasteiger partial charge in [-0.15, -0.1) is 23.1 Å². The smallest absolute Gasteiger partial charge is 0.262 e. The second kappa shape index (κ2) is 11.4. The predicted octanol–water partition coefficient (Wildman–Crippen LogP) is 5.32. The lowest BCUT2D eigenvalue weighted by Gasteiger charge is -2.32. The summed E-state index contributed by atoms with van der Waals surface area (Å²) >= 11 is 9.49. The number of nitrogens with two attached hydrogens (primary N) is 1. The summed E-state index contributed by atoms with van der Waals surface area (Å²) in [7, 11) is 2.18. The fraction of sp³-hybridized carbons (Fsp3) is 0.333. The van der Waals surface area contributed by atoms with Gasteiger partial charge in [-0.25, -0.2) is 4.98 Å². The largest absolute Gasteiger partial charge is 0.484 e. The number of thiophene rings is 1. The molecule has 2 aromatic carbocycles. The molecule has 1 fully saturated rings. The Morgan fingerprint density at radius 1 is 1.19 bits per heavy atom. The number of likely N-dealkylation sites (N-methyl/N-ethyl adjacent to an activating group) is 1. The Bertz CT molecular complexity index is 1400. The van der Waals surface area contributed by atoms with Crippen LogP contribution in [-0.4, -0.2) is 70.8 Å². The fourth-order valence-corrected chi connectivity index (χ4v) is 6.58. The molecule has 0 saturated carbocycles. The number of halogens is 1. The van der Waals surface area contributed by atoms with Crippen molar-refractivity contribution in [2.75, 3.05) is 45.5 Å². The van der Waals surface area contributed by atoms with Crippen molar-refractivity contribution in [3.05, 3.63) is 70.3 Å². The highest BCUT2D eigenvalue weighted by molar-refractivity contribution is 7.99. The van der Waals surface area contributed by atoms with E-state index in [1.807, 2.05) is 53.6 Å². The van der Waals surface area contributed by atoms with Crippen molar-refractivity contribution < 1.29 is 9.53 Å². The second-order valence-corrected chi connectivity index (χ2v) is 11.8. The van der Waals surface area contributed by atoms with Crippen molar-refractivity contribution in [3.8, 4) is 10.8 Å². The maximum atomic E-state index is 12.2. The van der Waals surface area contributed by atoms with Crippen LogP contribution in [0.5, 0.6) is 5.75 Å². The molecule has 10 heteroatoms. The van der Waals surface area contributed by atoms with Gasteiger partial charge in [0.2, 0.25) is 0 Å². The first-order valence-corrected chi connectivity index (χ1v) is 14.4. The average molecular weight is 556 g/mol. The van der Waals surface area contributed by atoms with Crippen LogP contribution in [0.1, 0.15) is 28.3 Å². The first-order valence-electron chi connectivity index (χ1n) is 12.2. The first-order chi connectivity index (χ1) is 17.9. The van der Waals surface area contributed by atoms with Gasteiger partial charge in [0.05, 0.1) is 11.0 Å². The molecule has 1 amide bonds. The van der Waals surface area contributed by atoms with E-state index in [4.69, 9.17) is 22.1 Å². The van der Waals surface area contributed by atoms with E-state index >= 15 is 0 Å². The number of aromatic nitrogens is 2. The highest BCUT2D eigenvalue weighted by Gasteiger charge is 2.21. The van der Waals surface area contributed by atoms with Gasteiger partial charge in [-0.05, 0) is 38.2 Å². The van der Waals surface area contributed by atoms with Gasteiger partial charge >= 0.3 is 0 Å². The number of imidazole rings is 1. The molecule has 5 rings (SSSR count). The topological polar surface area (TPSA) is 76.6 Å². The summed E-state index contributed by atoms with van der Waals surface area (Å²) in [5.74, 6) is 0.964. The molecule has 1 saturated heterocycles. The zero-order valence-electron chi connectivity index (χ0n) is 20.9. The fourth-order valence-electron chi connectivity index (χ4n) is 4.42. The molecule has 3 heterocycles. The third-order valence-corrected chi connectivity index (χ3v) is 9.03. The summed E-state index contributed by atoms with van der Waals surface area (Å²) < 4.78 is 8.14. The van der Waals surface area contributed by atoms with E-state index < -0.39 is 5.91 Å². The van der Waals surface area contributed by atoms with Gasteiger partial charge < -0.3 is 15.4 Å². The maximum absolute atomic E-state index is 12.2. The Hall–Kier alpha value is -2.56. The molecule has 0 aliphatic carbocycles. The number of fused-ring (bicyclic) bond motifs is 1. The monoisotopic (exact) mass is 555 g/mol. The predicted molar refractivity (Wildman–Crippen MR) is 153 cm³/mol. The Labute approximate surface area is 230 Å². The number of thioether (sulfide) groups is 1. The maximum Gasteiger partial charge on any atom is 0.262 e. The van der Waals surface area contributed by atoms with Crippen molar-refractivity contribution in [1.82, 2.24) is 19.4 Å². The molecule has 1 atom stereocenters. The third kappa shape index (κ3) is 5.97. The minimum Gasteiger partial charge on any atom is -0.484 e. The molecule has 2 N–H and O–H groups in total. The number of ether oxygens (including phenoxy) is 1. The summed E-state index contributed by atoms with van der Waals surface area (Å²) in [6, 6.07) is 15.7. The van der Waals surface area contributed by atoms with Crippen molar-refractivity contribution >= 4 is 51.6 Å². The minimum absolute atomic E-state index is 0.348. The summed E-state index contributed by atoms with van der Waals surface area (Å²) in [5, 5.41) is 1.43. The molecule has 7 nitrogen and oxygen atoms in total. The first kappa shape index (κ1) is 26.1. The molecule has 37 heavy (non-hydrogen) atoms. The van der Waals surface area contributed by atoms with Crippen LogP contribution < -0.4 is 10.5 Å². The van der Waals surface area contributed by atoms with Crippen LogP contribution in [0.2, 0.25) is 5.02 Å². The number of piperazine rings is 1. The van der Waals surface area contributed by atoms with E-state index in [1.165, 1.54) is 16.2 Å². The highest BCUT2D eigenvalue weighted by atomic mass is 35.5. The van der Waals surface area contributed by atoms with E-state index in [1.54, 1.807) is 6.33 Å². The number of carbonyl (C=O) groups is 1. The SMILES string of the molecule is C[C@@H](Oc1cc(-n2cnc3cc(SCCN4CCN(C)CC4)ccc32)sc1C(N)=O)c1ccccc1Cl. The number of hydrogen-bond donors (Lipinski definition) is 1. The highest BCUT2D eigenvalue weighted by Crippen LogP contribution is 2.37. The van der Waals surface area contributed by atoms with Crippen LogP contribution in [0.4, 0.5) is 0 Å². The zero-order valence-corrected chi connectivity index (χ0v) is 23.3. The number of nitrogens with zero attached hydrogens (tertiary/aromatic N) is 4. The lowest BCUT2D eigenvalue weighted by Crippen LogP contribution is -2.45. The Balaban J connectivity index is 1.31. The standard InChI is InChI=1S/C27H30ClN5O2S2/c1-18(20-5-3-4-6-21(20)28)35-24-16-25(37-26(24)27(29)34)33-17-30-22-15-19(7-8-23(22)33)36-14-13-32-11-9-31(2)10-12-32/h3-8,15-18H,9-14H2,1-2H3,(H2,29,34)/t18-/m1/s1.